The minimum Gasteiger partial charge on any atom is -0.497 e. The van der Waals surface area contributed by atoms with Crippen LogP contribution in [0.15, 0.2) is 78.9 Å². The van der Waals surface area contributed by atoms with Crippen LogP contribution in [0.25, 0.3) is 11.1 Å². The molecule has 116 valence electrons. The van der Waals surface area contributed by atoms with Crippen LogP contribution < -0.4 is 9.64 Å². The molecular weight excluding hydrogens is 282 g/mol. The Hall–Kier alpha value is -2.74. The first-order valence-corrected chi connectivity index (χ1v) is 7.76. The third-order valence-electron chi connectivity index (χ3n) is 3.96. The first kappa shape index (κ1) is 15.2. The van der Waals surface area contributed by atoms with Gasteiger partial charge in [0.1, 0.15) is 5.75 Å². The van der Waals surface area contributed by atoms with Crippen LogP contribution in [0, 0.1) is 0 Å². The summed E-state index contributed by atoms with van der Waals surface area (Å²) in [5.74, 6) is 0.878. The molecular formula is C21H21NO. The van der Waals surface area contributed by atoms with E-state index in [4.69, 9.17) is 4.74 Å². The summed E-state index contributed by atoms with van der Waals surface area (Å²) in [6.45, 7) is 0.877. The maximum Gasteiger partial charge on any atom is 0.119 e. The zero-order valence-electron chi connectivity index (χ0n) is 13.6. The maximum absolute atomic E-state index is 5.36. The van der Waals surface area contributed by atoms with Crippen molar-refractivity contribution in [3.05, 3.63) is 84.4 Å². The predicted molar refractivity (Wildman–Crippen MR) is 97.0 cm³/mol. The lowest BCUT2D eigenvalue weighted by atomic mass is 10.0. The van der Waals surface area contributed by atoms with Crippen LogP contribution in [-0.4, -0.2) is 14.2 Å². The lowest BCUT2D eigenvalue weighted by molar-refractivity contribution is 0.415. The Bertz CT molecular complexity index is 768. The Morgan fingerprint density at radius 2 is 1.57 bits per heavy atom. The Morgan fingerprint density at radius 1 is 0.826 bits per heavy atom. The molecule has 0 spiro atoms. The second-order valence-electron chi connectivity index (χ2n) is 5.59. The third-order valence-corrected chi connectivity index (χ3v) is 3.96. The molecule has 0 N–H and O–H groups in total. The van der Waals surface area contributed by atoms with E-state index in [1.807, 2.05) is 18.2 Å². The molecule has 3 aromatic rings. The van der Waals surface area contributed by atoms with Crippen LogP contribution in [-0.2, 0) is 6.54 Å². The molecule has 0 atom stereocenters. The van der Waals surface area contributed by atoms with E-state index in [-0.39, 0.29) is 0 Å². The average Bonchev–Trinajstić information content (AvgIpc) is 2.62. The van der Waals surface area contributed by atoms with E-state index in [1.54, 1.807) is 7.11 Å². The van der Waals surface area contributed by atoms with Gasteiger partial charge in [0.25, 0.3) is 0 Å². The number of nitrogens with zero attached hydrogens (tertiary/aromatic N) is 1. The van der Waals surface area contributed by atoms with Crippen molar-refractivity contribution in [1.82, 2.24) is 0 Å². The molecule has 3 rings (SSSR count). The monoisotopic (exact) mass is 303 g/mol. The normalized spacial score (nSPS) is 10.3. The summed E-state index contributed by atoms with van der Waals surface area (Å²) in [5.41, 5.74) is 4.89. The van der Waals surface area contributed by atoms with E-state index in [0.29, 0.717) is 0 Å². The van der Waals surface area contributed by atoms with Gasteiger partial charge in [-0.3, -0.25) is 0 Å². The zero-order chi connectivity index (χ0) is 16.1. The highest BCUT2D eigenvalue weighted by Gasteiger charge is 2.10. The lowest BCUT2D eigenvalue weighted by Gasteiger charge is -2.23. The number of hydrogen-bond donors (Lipinski definition) is 0. The van der Waals surface area contributed by atoms with E-state index in [9.17, 15) is 0 Å². The molecule has 0 saturated heterocycles. The minimum absolute atomic E-state index is 0.877. The molecule has 3 aromatic carbocycles. The van der Waals surface area contributed by atoms with Gasteiger partial charge in [0, 0.05) is 24.8 Å². The molecule has 2 nitrogen and oxygen atoms in total. The Morgan fingerprint density at radius 3 is 2.35 bits per heavy atom. The quantitative estimate of drug-likeness (QED) is 0.658. The summed E-state index contributed by atoms with van der Waals surface area (Å²) in [5, 5.41) is 0. The first-order valence-electron chi connectivity index (χ1n) is 7.76. The van der Waals surface area contributed by atoms with E-state index >= 15 is 0 Å². The fraction of sp³-hybridized carbons (Fsp3) is 0.143. The fourth-order valence-corrected chi connectivity index (χ4v) is 2.78. The van der Waals surface area contributed by atoms with Gasteiger partial charge >= 0.3 is 0 Å². The molecule has 2 heteroatoms. The summed E-state index contributed by atoms with van der Waals surface area (Å²) < 4.78 is 5.36. The van der Waals surface area contributed by atoms with Crippen molar-refractivity contribution in [2.75, 3.05) is 19.1 Å². The molecule has 0 saturated carbocycles. The standard InChI is InChI=1S/C21H21NO/c1-22(16-17-9-4-3-5-10-17)21-14-7-6-13-20(21)18-11-8-12-19(15-18)23-2/h3-15H,16H2,1-2H3. The van der Waals surface area contributed by atoms with Crippen LogP contribution in [0.4, 0.5) is 5.69 Å². The van der Waals surface area contributed by atoms with Gasteiger partial charge in [0.05, 0.1) is 7.11 Å². The molecule has 0 aliphatic heterocycles. The molecule has 0 aliphatic carbocycles. The number of methoxy groups -OCH3 is 1. The zero-order valence-corrected chi connectivity index (χ0v) is 13.6. The highest BCUT2D eigenvalue weighted by molar-refractivity contribution is 5.79. The van der Waals surface area contributed by atoms with Gasteiger partial charge in [-0.1, -0.05) is 60.7 Å². The number of rotatable bonds is 5. The van der Waals surface area contributed by atoms with Gasteiger partial charge in [0.2, 0.25) is 0 Å². The second-order valence-corrected chi connectivity index (χ2v) is 5.59. The lowest BCUT2D eigenvalue weighted by Crippen LogP contribution is -2.17. The van der Waals surface area contributed by atoms with Gasteiger partial charge in [-0.25, -0.2) is 0 Å². The third kappa shape index (κ3) is 3.54. The van der Waals surface area contributed by atoms with Crippen molar-refractivity contribution < 1.29 is 4.74 Å². The summed E-state index contributed by atoms with van der Waals surface area (Å²) in [7, 11) is 3.83. The van der Waals surface area contributed by atoms with Gasteiger partial charge in [-0.2, -0.15) is 0 Å². The SMILES string of the molecule is COc1cccc(-c2ccccc2N(C)Cc2ccccc2)c1. The average molecular weight is 303 g/mol. The van der Waals surface area contributed by atoms with Crippen molar-refractivity contribution in [2.45, 2.75) is 6.54 Å². The smallest absolute Gasteiger partial charge is 0.119 e. The number of anilines is 1. The van der Waals surface area contributed by atoms with Crippen molar-refractivity contribution in [1.29, 1.82) is 0 Å². The van der Waals surface area contributed by atoms with Gasteiger partial charge in [0.15, 0.2) is 0 Å². The van der Waals surface area contributed by atoms with E-state index in [2.05, 4.69) is 72.6 Å². The molecule has 0 heterocycles. The van der Waals surface area contributed by atoms with E-state index < -0.39 is 0 Å². The summed E-state index contributed by atoms with van der Waals surface area (Å²) in [6.07, 6.45) is 0. The maximum atomic E-state index is 5.36. The molecule has 0 amide bonds. The topological polar surface area (TPSA) is 12.5 Å². The highest BCUT2D eigenvalue weighted by Crippen LogP contribution is 2.32. The molecule has 0 fully saturated rings. The highest BCUT2D eigenvalue weighted by atomic mass is 16.5. The Balaban J connectivity index is 1.94. The number of para-hydroxylation sites is 1. The van der Waals surface area contributed by atoms with Crippen LogP contribution in [0.5, 0.6) is 5.75 Å². The number of hydrogen-bond acceptors (Lipinski definition) is 2. The summed E-state index contributed by atoms with van der Waals surface area (Å²) in [6, 6.07) is 27.2. The van der Waals surface area contributed by atoms with E-state index in [0.717, 1.165) is 12.3 Å². The number of ether oxygens (including phenoxy) is 1. The first-order chi connectivity index (χ1) is 11.3. The minimum atomic E-state index is 0.877. The number of benzene rings is 3. The van der Waals surface area contributed by atoms with Crippen LogP contribution in [0.3, 0.4) is 0 Å². The summed E-state index contributed by atoms with van der Waals surface area (Å²) in [4.78, 5) is 2.28. The Kier molecular flexibility index (Phi) is 4.62. The molecule has 0 unspecified atom stereocenters. The van der Waals surface area contributed by atoms with Crippen molar-refractivity contribution in [3.8, 4) is 16.9 Å². The van der Waals surface area contributed by atoms with Gasteiger partial charge in [-0.15, -0.1) is 0 Å². The van der Waals surface area contributed by atoms with Crippen molar-refractivity contribution in [3.63, 3.8) is 0 Å². The fourth-order valence-electron chi connectivity index (χ4n) is 2.78. The molecule has 0 aromatic heterocycles. The van der Waals surface area contributed by atoms with Gasteiger partial charge in [-0.05, 0) is 29.3 Å². The molecule has 0 radical (unpaired) electrons. The van der Waals surface area contributed by atoms with Crippen molar-refractivity contribution in [2.24, 2.45) is 0 Å². The van der Waals surface area contributed by atoms with Gasteiger partial charge < -0.3 is 9.64 Å². The molecule has 0 aliphatic rings. The predicted octanol–water partition coefficient (Wildman–Crippen LogP) is 5.00. The van der Waals surface area contributed by atoms with Crippen molar-refractivity contribution >= 4 is 5.69 Å². The second kappa shape index (κ2) is 7.01. The summed E-state index contributed by atoms with van der Waals surface area (Å²) >= 11 is 0. The van der Waals surface area contributed by atoms with Crippen LogP contribution in [0.1, 0.15) is 5.56 Å². The largest absolute Gasteiger partial charge is 0.497 e. The van der Waals surface area contributed by atoms with Crippen LogP contribution in [0.2, 0.25) is 0 Å². The molecule has 23 heavy (non-hydrogen) atoms. The Labute approximate surface area is 138 Å². The molecule has 0 bridgehead atoms. The van der Waals surface area contributed by atoms with E-state index in [1.165, 1.54) is 22.4 Å². The van der Waals surface area contributed by atoms with Crippen LogP contribution >= 0.6 is 0 Å².